The monoisotopic (exact) mass is 908 g/mol. The van der Waals surface area contributed by atoms with Crippen molar-refractivity contribution in [3.8, 4) is 11.5 Å². The molecule has 0 unspecified atom stereocenters. The molecule has 2 aliphatic heterocycles. The van der Waals surface area contributed by atoms with Crippen LogP contribution in [0.2, 0.25) is 0 Å². The number of amides is 1. The smallest absolute Gasteiger partial charge is 0.312 e. The van der Waals surface area contributed by atoms with Crippen LogP contribution in [0.1, 0.15) is 112 Å². The summed E-state index contributed by atoms with van der Waals surface area (Å²) in [6.07, 6.45) is 11.8. The number of aliphatic hydroxyl groups is 1. The molecule has 1 spiro atoms. The highest BCUT2D eigenvalue weighted by atomic mass is 32.2. The van der Waals surface area contributed by atoms with E-state index in [1.54, 1.807) is 19.1 Å². The number of benzene rings is 2. The standard InChI is InChI=1S/C48H57FN8O7S/c1-30(2)35-7-4-5-8-36(35)37-9-6-10-41(37)56-28-48(29-56)17-19-55(20-18-48)32-11-12-38(43(21-32)64-33-22-39-40(49)27-53-44(39)51-25-33)46(58)54-65(62,63)34-23-42(57(60)61)45(52-26-34)50-24-31-13-15-47(3,59)16-14-31/h4-5,7-8,11-12,21-23,25-27,30-31,37,41,59H,6,9-10,13-20,24,28-29H2,1-3H3,(H,50,52)(H,51,53)(H,54,58)/t31-,37-,41-,47-/m0/s1. The van der Waals surface area contributed by atoms with Gasteiger partial charge in [0.05, 0.1) is 33.9 Å². The van der Waals surface area contributed by atoms with Crippen LogP contribution in [0.3, 0.4) is 0 Å². The molecule has 2 atom stereocenters. The number of pyridine rings is 2. The Kier molecular flexibility index (Phi) is 12.1. The quantitative estimate of drug-likeness (QED) is 0.0650. The molecule has 4 N–H and O–H groups in total. The molecular formula is C48H57FN8O7S. The number of H-pyrrole nitrogens is 1. The number of aromatic nitrogens is 3. The van der Waals surface area contributed by atoms with Crippen LogP contribution in [0.4, 0.5) is 21.6 Å². The first kappa shape index (κ1) is 44.5. The number of aromatic amines is 1. The van der Waals surface area contributed by atoms with Gasteiger partial charge in [-0.05, 0) is 111 Å². The maximum Gasteiger partial charge on any atom is 0.312 e. The van der Waals surface area contributed by atoms with Gasteiger partial charge in [-0.1, -0.05) is 44.5 Å². The summed E-state index contributed by atoms with van der Waals surface area (Å²) in [5, 5.41) is 25.6. The molecule has 344 valence electrons. The number of likely N-dealkylation sites (tertiary alicyclic amines) is 1. The van der Waals surface area contributed by atoms with Gasteiger partial charge >= 0.3 is 5.69 Å². The normalized spacial score (nSPS) is 23.4. The molecule has 5 aromatic rings. The zero-order valence-electron chi connectivity index (χ0n) is 37.1. The number of piperidine rings is 1. The fourth-order valence-electron chi connectivity index (χ4n) is 10.7. The van der Waals surface area contributed by atoms with Crippen molar-refractivity contribution >= 4 is 44.2 Å². The number of sulfonamides is 1. The Balaban J connectivity index is 0.905. The van der Waals surface area contributed by atoms with E-state index < -0.39 is 42.9 Å². The van der Waals surface area contributed by atoms with Crippen LogP contribution >= 0.6 is 0 Å². The minimum atomic E-state index is -4.68. The summed E-state index contributed by atoms with van der Waals surface area (Å²) in [7, 11) is -4.68. The Hall–Kier alpha value is -5.65. The van der Waals surface area contributed by atoms with E-state index in [0.717, 1.165) is 69.8 Å². The average Bonchev–Trinajstić information content (AvgIpc) is 3.91. The Morgan fingerprint density at radius 2 is 1.78 bits per heavy atom. The van der Waals surface area contributed by atoms with Gasteiger partial charge in [0.25, 0.3) is 15.9 Å². The van der Waals surface area contributed by atoms with Crippen LogP contribution < -0.4 is 19.7 Å². The second-order valence-corrected chi connectivity index (χ2v) is 21.0. The van der Waals surface area contributed by atoms with E-state index in [0.29, 0.717) is 42.9 Å². The number of ether oxygens (including phenoxy) is 1. The molecule has 1 amide bonds. The Bertz CT molecular complexity index is 2700. The minimum Gasteiger partial charge on any atom is -0.455 e. The van der Waals surface area contributed by atoms with E-state index in [4.69, 9.17) is 4.74 Å². The number of carbonyl (C=O) groups excluding carboxylic acids is 1. The van der Waals surface area contributed by atoms with E-state index in [-0.39, 0.29) is 39.6 Å². The molecule has 5 heterocycles. The van der Waals surface area contributed by atoms with Crippen molar-refractivity contribution in [3.05, 3.63) is 106 Å². The lowest BCUT2D eigenvalue weighted by Crippen LogP contribution is -2.63. The molecule has 0 bridgehead atoms. The van der Waals surface area contributed by atoms with Gasteiger partial charge in [0.15, 0.2) is 0 Å². The van der Waals surface area contributed by atoms with Gasteiger partial charge in [-0.15, -0.1) is 0 Å². The van der Waals surface area contributed by atoms with Crippen molar-refractivity contribution in [1.82, 2.24) is 24.6 Å². The summed E-state index contributed by atoms with van der Waals surface area (Å²) in [5.74, 6) is -0.353. The number of anilines is 2. The molecule has 2 aromatic carbocycles. The molecule has 4 fully saturated rings. The lowest BCUT2D eigenvalue weighted by atomic mass is 9.70. The van der Waals surface area contributed by atoms with Crippen LogP contribution in [-0.2, 0) is 10.0 Å². The maximum absolute atomic E-state index is 14.6. The summed E-state index contributed by atoms with van der Waals surface area (Å²) in [6.45, 7) is 10.4. The summed E-state index contributed by atoms with van der Waals surface area (Å²) in [4.78, 5) is 40.8. The van der Waals surface area contributed by atoms with Gasteiger partial charge in [0, 0.05) is 62.8 Å². The molecule has 3 aromatic heterocycles. The summed E-state index contributed by atoms with van der Waals surface area (Å²) in [5.41, 5.74) is 2.84. The molecule has 2 aliphatic carbocycles. The van der Waals surface area contributed by atoms with E-state index in [2.05, 4.69) is 68.2 Å². The van der Waals surface area contributed by atoms with E-state index >= 15 is 0 Å². The molecule has 0 radical (unpaired) electrons. The van der Waals surface area contributed by atoms with Crippen molar-refractivity contribution in [2.45, 2.75) is 107 Å². The molecule has 2 saturated carbocycles. The van der Waals surface area contributed by atoms with Crippen molar-refractivity contribution < 1.29 is 32.4 Å². The number of carbonyl (C=O) groups is 1. The number of hydrogen-bond donors (Lipinski definition) is 4. The summed E-state index contributed by atoms with van der Waals surface area (Å²) >= 11 is 0. The van der Waals surface area contributed by atoms with Gasteiger partial charge < -0.3 is 25.0 Å². The number of fused-ring (bicyclic) bond motifs is 1. The highest BCUT2D eigenvalue weighted by molar-refractivity contribution is 7.90. The van der Waals surface area contributed by atoms with Gasteiger partial charge in [-0.2, -0.15) is 0 Å². The summed E-state index contributed by atoms with van der Waals surface area (Å²) < 4.78 is 50.3. The van der Waals surface area contributed by atoms with Gasteiger partial charge in [-0.25, -0.2) is 27.5 Å². The third kappa shape index (κ3) is 9.27. The van der Waals surface area contributed by atoms with E-state index in [1.807, 2.05) is 4.72 Å². The number of hydrogen-bond acceptors (Lipinski definition) is 12. The van der Waals surface area contributed by atoms with Crippen molar-refractivity contribution in [1.29, 1.82) is 0 Å². The molecule has 15 nitrogen and oxygen atoms in total. The topological polar surface area (TPSA) is 196 Å². The number of halogens is 1. The second kappa shape index (κ2) is 17.6. The van der Waals surface area contributed by atoms with Gasteiger partial charge in [0.1, 0.15) is 27.9 Å². The molecule has 17 heteroatoms. The minimum absolute atomic E-state index is 0.0178. The highest BCUT2D eigenvalue weighted by Gasteiger charge is 2.49. The van der Waals surface area contributed by atoms with E-state index in [9.17, 15) is 32.8 Å². The molecule has 2 saturated heterocycles. The average molecular weight is 909 g/mol. The van der Waals surface area contributed by atoms with Gasteiger partial charge in [0.2, 0.25) is 5.82 Å². The first-order valence-corrected chi connectivity index (χ1v) is 24.3. The predicted molar refractivity (Wildman–Crippen MR) is 246 cm³/mol. The zero-order valence-corrected chi connectivity index (χ0v) is 37.9. The summed E-state index contributed by atoms with van der Waals surface area (Å²) in [6, 6.07) is 16.7. The Morgan fingerprint density at radius 1 is 1.03 bits per heavy atom. The van der Waals surface area contributed by atoms with Crippen LogP contribution in [0.5, 0.6) is 11.5 Å². The van der Waals surface area contributed by atoms with Crippen LogP contribution in [0.15, 0.2) is 78.1 Å². The number of nitro groups is 1. The zero-order chi connectivity index (χ0) is 45.7. The molecule has 9 rings (SSSR count). The van der Waals surface area contributed by atoms with Crippen molar-refractivity contribution in [3.63, 3.8) is 0 Å². The Morgan fingerprint density at radius 3 is 2.52 bits per heavy atom. The van der Waals surface area contributed by atoms with Crippen LogP contribution in [0.25, 0.3) is 11.0 Å². The largest absolute Gasteiger partial charge is 0.455 e. The molecule has 4 aliphatic rings. The number of nitrogens with zero attached hydrogens (tertiary/aromatic N) is 5. The third-order valence-corrected chi connectivity index (χ3v) is 15.7. The highest BCUT2D eigenvalue weighted by Crippen LogP contribution is 2.49. The number of rotatable bonds is 13. The van der Waals surface area contributed by atoms with Crippen molar-refractivity contribution in [2.75, 3.05) is 42.9 Å². The SMILES string of the molecule is CC(C)c1ccccc1[C@@H]1CCC[C@@H]1N1CC2(CCN(c3ccc(C(=O)NS(=O)(=O)c4cnc(NC[C@H]5CC[C@](C)(O)CC5)c([N+](=O)[O-])c4)c(Oc4cnc5[nH]cc(F)c5c4)c3)CC2)C1. The van der Waals surface area contributed by atoms with E-state index in [1.165, 1.54) is 54.9 Å². The first-order chi connectivity index (χ1) is 31.1. The van der Waals surface area contributed by atoms with Crippen molar-refractivity contribution in [2.24, 2.45) is 11.3 Å². The third-order valence-electron chi connectivity index (χ3n) is 14.4. The Labute approximate surface area is 378 Å². The first-order valence-electron chi connectivity index (χ1n) is 22.8. The van der Waals surface area contributed by atoms with Gasteiger partial charge in [-0.3, -0.25) is 19.8 Å². The maximum atomic E-state index is 14.6. The lowest BCUT2D eigenvalue weighted by molar-refractivity contribution is -0.384. The van der Waals surface area contributed by atoms with Crippen LogP contribution in [0, 0.1) is 27.3 Å². The van der Waals surface area contributed by atoms with Crippen LogP contribution in [-0.4, -0.2) is 88.6 Å². The predicted octanol–water partition coefficient (Wildman–Crippen LogP) is 8.63. The lowest BCUT2D eigenvalue weighted by Gasteiger charge is -2.57. The molecular weight excluding hydrogens is 852 g/mol. The fourth-order valence-corrected chi connectivity index (χ4v) is 11.6. The second-order valence-electron chi connectivity index (χ2n) is 19.3. The molecule has 65 heavy (non-hydrogen) atoms. The fraction of sp³-hybridized carbons (Fsp3) is 0.479. The number of nitrogens with one attached hydrogen (secondary N) is 3.